The molecule has 1 aliphatic rings. The molecular formula is C17H14BrN3O3S. The van der Waals surface area contributed by atoms with Crippen LogP contribution in [-0.4, -0.2) is 29.3 Å². The molecule has 0 saturated carbocycles. The molecule has 0 spiro atoms. The van der Waals surface area contributed by atoms with Crippen LogP contribution in [0.2, 0.25) is 0 Å². The fourth-order valence-corrected chi connectivity index (χ4v) is 3.60. The summed E-state index contributed by atoms with van der Waals surface area (Å²) in [6.07, 6.45) is 1.56. The highest BCUT2D eigenvalue weighted by molar-refractivity contribution is 9.10. The molecule has 0 bridgehead atoms. The predicted octanol–water partition coefficient (Wildman–Crippen LogP) is 3.62. The predicted molar refractivity (Wildman–Crippen MR) is 101 cm³/mol. The monoisotopic (exact) mass is 419 g/mol. The maximum absolute atomic E-state index is 12.1. The number of aliphatic imine (C=N–C) groups is 1. The maximum atomic E-state index is 12.1. The van der Waals surface area contributed by atoms with E-state index in [-0.39, 0.29) is 17.5 Å². The van der Waals surface area contributed by atoms with E-state index in [1.807, 2.05) is 31.2 Å². The van der Waals surface area contributed by atoms with Crippen molar-refractivity contribution >= 4 is 56.2 Å². The number of hydrogen-bond donors (Lipinski definition) is 0. The third kappa shape index (κ3) is 3.69. The quantitative estimate of drug-likeness (QED) is 0.560. The molecule has 2 heterocycles. The van der Waals surface area contributed by atoms with Crippen LogP contribution in [0.3, 0.4) is 0 Å². The number of esters is 1. The highest BCUT2D eigenvalue weighted by atomic mass is 79.9. The van der Waals surface area contributed by atoms with Crippen molar-refractivity contribution in [2.75, 3.05) is 11.4 Å². The fourth-order valence-electron chi connectivity index (χ4n) is 2.26. The van der Waals surface area contributed by atoms with Crippen LogP contribution in [0.1, 0.15) is 25.1 Å². The summed E-state index contributed by atoms with van der Waals surface area (Å²) in [4.78, 5) is 33.9. The van der Waals surface area contributed by atoms with Crippen LogP contribution in [0.25, 0.3) is 6.08 Å². The number of anilines is 1. The van der Waals surface area contributed by atoms with Crippen LogP contribution in [0.5, 0.6) is 0 Å². The number of thiazole rings is 1. The molecule has 1 aromatic heterocycles. The lowest BCUT2D eigenvalue weighted by molar-refractivity contribution is -0.130. The lowest BCUT2D eigenvalue weighted by Gasteiger charge is -2.14. The fraction of sp³-hybridized carbons (Fsp3) is 0.176. The van der Waals surface area contributed by atoms with Gasteiger partial charge >= 0.3 is 5.97 Å². The minimum absolute atomic E-state index is 0.0782. The van der Waals surface area contributed by atoms with Gasteiger partial charge in [0.1, 0.15) is 0 Å². The van der Waals surface area contributed by atoms with Gasteiger partial charge in [-0.15, -0.1) is 11.3 Å². The first-order valence-electron chi connectivity index (χ1n) is 7.50. The molecule has 1 aromatic carbocycles. The van der Waals surface area contributed by atoms with E-state index < -0.39 is 5.97 Å². The first-order valence-corrected chi connectivity index (χ1v) is 9.18. The molecule has 128 valence electrons. The van der Waals surface area contributed by atoms with Crippen LogP contribution in [0.4, 0.5) is 5.13 Å². The Balaban J connectivity index is 1.89. The second-order valence-electron chi connectivity index (χ2n) is 5.13. The number of hydrogen-bond acceptors (Lipinski definition) is 6. The Kier molecular flexibility index (Phi) is 5.10. The van der Waals surface area contributed by atoms with Crippen molar-refractivity contribution in [3.05, 3.63) is 51.1 Å². The van der Waals surface area contributed by atoms with Gasteiger partial charge in [-0.1, -0.05) is 12.1 Å². The Morgan fingerprint density at radius 2 is 2.16 bits per heavy atom. The highest BCUT2D eigenvalue weighted by Crippen LogP contribution is 2.26. The van der Waals surface area contributed by atoms with E-state index in [0.717, 1.165) is 4.47 Å². The van der Waals surface area contributed by atoms with Gasteiger partial charge in [0, 0.05) is 23.3 Å². The summed E-state index contributed by atoms with van der Waals surface area (Å²) >= 11 is 4.75. The number of cyclic esters (lactones) is 1. The summed E-state index contributed by atoms with van der Waals surface area (Å²) in [5.41, 5.74) is 1.43. The van der Waals surface area contributed by atoms with Gasteiger partial charge in [0.05, 0.1) is 11.3 Å². The Hall–Kier alpha value is -2.32. The molecule has 1 amide bonds. The first-order chi connectivity index (χ1) is 12.0. The van der Waals surface area contributed by atoms with E-state index in [2.05, 4.69) is 25.9 Å². The van der Waals surface area contributed by atoms with Gasteiger partial charge in [0.15, 0.2) is 10.8 Å². The average Bonchev–Trinajstić information content (AvgIpc) is 3.16. The summed E-state index contributed by atoms with van der Waals surface area (Å²) in [7, 11) is 0. The molecule has 6 nitrogen and oxygen atoms in total. The molecule has 0 radical (unpaired) electrons. The van der Waals surface area contributed by atoms with Crippen molar-refractivity contribution < 1.29 is 14.3 Å². The zero-order valence-corrected chi connectivity index (χ0v) is 15.9. The van der Waals surface area contributed by atoms with Gasteiger partial charge in [-0.2, -0.15) is 0 Å². The average molecular weight is 420 g/mol. The molecule has 8 heteroatoms. The Morgan fingerprint density at radius 1 is 1.40 bits per heavy atom. The van der Waals surface area contributed by atoms with Gasteiger partial charge in [0.25, 0.3) is 0 Å². The normalized spacial score (nSPS) is 15.2. The van der Waals surface area contributed by atoms with E-state index in [4.69, 9.17) is 4.74 Å². The third-order valence-corrected chi connectivity index (χ3v) is 5.02. The lowest BCUT2D eigenvalue weighted by Crippen LogP contribution is -2.27. The summed E-state index contributed by atoms with van der Waals surface area (Å²) in [5, 5.41) is 2.36. The number of amides is 1. The molecule has 25 heavy (non-hydrogen) atoms. The SMILES string of the molecule is CCN(C(C)=O)c1nc(/C=C2/N=C(c3ccccc3Br)OC2=O)cs1. The summed E-state index contributed by atoms with van der Waals surface area (Å²) in [6, 6.07) is 7.37. The molecule has 0 unspecified atom stereocenters. The number of carbonyl (C=O) groups excluding carboxylic acids is 2. The molecule has 2 aromatic rings. The Morgan fingerprint density at radius 3 is 2.84 bits per heavy atom. The zero-order valence-electron chi connectivity index (χ0n) is 13.5. The molecule has 1 aliphatic heterocycles. The van der Waals surface area contributed by atoms with E-state index in [9.17, 15) is 9.59 Å². The van der Waals surface area contributed by atoms with Crippen LogP contribution < -0.4 is 4.90 Å². The number of carbonyl (C=O) groups is 2. The van der Waals surface area contributed by atoms with Crippen molar-refractivity contribution in [2.45, 2.75) is 13.8 Å². The number of aromatic nitrogens is 1. The van der Waals surface area contributed by atoms with Crippen LogP contribution >= 0.6 is 27.3 Å². The topological polar surface area (TPSA) is 71.9 Å². The first kappa shape index (κ1) is 17.5. The Bertz CT molecular complexity index is 904. The van der Waals surface area contributed by atoms with Crippen molar-refractivity contribution in [3.8, 4) is 0 Å². The molecule has 0 fully saturated rings. The molecular weight excluding hydrogens is 406 g/mol. The van der Waals surface area contributed by atoms with Gasteiger partial charge in [-0.05, 0) is 41.1 Å². The van der Waals surface area contributed by atoms with Gasteiger partial charge in [-0.3, -0.25) is 9.69 Å². The van der Waals surface area contributed by atoms with E-state index >= 15 is 0 Å². The maximum Gasteiger partial charge on any atom is 0.363 e. The number of nitrogens with zero attached hydrogens (tertiary/aromatic N) is 3. The van der Waals surface area contributed by atoms with Gasteiger partial charge < -0.3 is 4.74 Å². The summed E-state index contributed by atoms with van der Waals surface area (Å²) in [5.74, 6) is -0.358. The standard InChI is InChI=1S/C17H14BrN3O3S/c1-3-21(10(2)22)17-19-11(9-25-17)8-14-16(23)24-15(20-14)12-6-4-5-7-13(12)18/h4-9H,3H2,1-2H3/b14-8+. The minimum Gasteiger partial charge on any atom is -0.402 e. The number of halogens is 1. The second-order valence-corrected chi connectivity index (χ2v) is 6.83. The van der Waals surface area contributed by atoms with Crippen LogP contribution in [0.15, 0.2) is 44.8 Å². The van der Waals surface area contributed by atoms with Crippen molar-refractivity contribution in [1.82, 2.24) is 4.98 Å². The summed E-state index contributed by atoms with van der Waals surface area (Å²) < 4.78 is 6.04. The summed E-state index contributed by atoms with van der Waals surface area (Å²) in [6.45, 7) is 3.90. The molecule has 3 rings (SSSR count). The smallest absolute Gasteiger partial charge is 0.363 e. The number of rotatable bonds is 4. The number of benzene rings is 1. The molecule has 0 atom stereocenters. The Labute approximate surface area is 157 Å². The zero-order chi connectivity index (χ0) is 18.0. The van der Waals surface area contributed by atoms with Gasteiger partial charge in [-0.25, -0.2) is 14.8 Å². The van der Waals surface area contributed by atoms with Gasteiger partial charge in [0.2, 0.25) is 11.8 Å². The lowest BCUT2D eigenvalue weighted by atomic mass is 10.2. The van der Waals surface area contributed by atoms with Crippen LogP contribution in [0, 0.1) is 0 Å². The van der Waals surface area contributed by atoms with E-state index in [1.165, 1.54) is 18.3 Å². The van der Waals surface area contributed by atoms with E-state index in [0.29, 0.717) is 22.9 Å². The third-order valence-electron chi connectivity index (χ3n) is 3.45. The largest absolute Gasteiger partial charge is 0.402 e. The minimum atomic E-state index is -0.529. The van der Waals surface area contributed by atoms with Crippen LogP contribution in [-0.2, 0) is 14.3 Å². The van der Waals surface area contributed by atoms with Crippen molar-refractivity contribution in [2.24, 2.45) is 4.99 Å². The molecule has 0 saturated heterocycles. The van der Waals surface area contributed by atoms with E-state index in [1.54, 1.807) is 16.4 Å². The second kappa shape index (κ2) is 7.28. The molecule has 0 aliphatic carbocycles. The van der Waals surface area contributed by atoms with Crippen molar-refractivity contribution in [3.63, 3.8) is 0 Å². The number of ether oxygens (including phenoxy) is 1. The van der Waals surface area contributed by atoms with Crippen molar-refractivity contribution in [1.29, 1.82) is 0 Å². The highest BCUT2D eigenvalue weighted by Gasteiger charge is 2.25. The molecule has 0 N–H and O–H groups in total.